The lowest BCUT2D eigenvalue weighted by Gasteiger charge is -2.30. The number of aryl methyl sites for hydroxylation is 1. The molecule has 0 aromatic heterocycles. The first-order valence-electron chi connectivity index (χ1n) is 11.2. The molecule has 5 atom stereocenters. The van der Waals surface area contributed by atoms with Gasteiger partial charge in [-0.1, -0.05) is 55.5 Å². The summed E-state index contributed by atoms with van der Waals surface area (Å²) >= 11 is 0. The van der Waals surface area contributed by atoms with Crippen molar-refractivity contribution in [1.29, 1.82) is 0 Å². The monoisotopic (exact) mass is 433 g/mol. The van der Waals surface area contributed by atoms with Gasteiger partial charge in [-0.15, -0.1) is 0 Å². The number of aliphatic hydroxyl groups is 1. The van der Waals surface area contributed by atoms with Gasteiger partial charge >= 0.3 is 0 Å². The van der Waals surface area contributed by atoms with Crippen LogP contribution in [0.15, 0.2) is 48.5 Å². The van der Waals surface area contributed by atoms with E-state index in [1.54, 1.807) is 6.92 Å². The average molecular weight is 434 g/mol. The van der Waals surface area contributed by atoms with Gasteiger partial charge in [0.2, 0.25) is 17.7 Å². The number of aliphatic hydroxyl groups excluding tert-OH is 1. The van der Waals surface area contributed by atoms with E-state index in [9.17, 15) is 19.5 Å². The van der Waals surface area contributed by atoms with Crippen molar-refractivity contribution < 1.29 is 19.5 Å². The smallest absolute Gasteiger partial charge is 0.250 e. The number of fused-ring (bicyclic) bond motifs is 4. The summed E-state index contributed by atoms with van der Waals surface area (Å²) in [6, 6.07) is 14.6. The molecule has 2 fully saturated rings. The number of carbonyl (C=O) groups is 3. The van der Waals surface area contributed by atoms with Gasteiger partial charge in [0.05, 0.1) is 17.9 Å². The molecular formula is C25H27N3O4. The van der Waals surface area contributed by atoms with Gasteiger partial charge < -0.3 is 10.4 Å². The van der Waals surface area contributed by atoms with Crippen molar-refractivity contribution in [2.24, 2.45) is 11.8 Å². The number of hydrogen-bond acceptors (Lipinski definition) is 5. The third kappa shape index (κ3) is 2.77. The molecule has 0 radical (unpaired) electrons. The Morgan fingerprint density at radius 3 is 2.50 bits per heavy atom. The Hall–Kier alpha value is -3.03. The Balaban J connectivity index is 1.56. The van der Waals surface area contributed by atoms with Gasteiger partial charge in [-0.05, 0) is 30.9 Å². The van der Waals surface area contributed by atoms with Crippen LogP contribution < -0.4 is 10.6 Å². The highest BCUT2D eigenvalue weighted by Gasteiger charge is 2.71. The molecule has 2 aromatic carbocycles. The molecule has 7 heteroatoms. The summed E-state index contributed by atoms with van der Waals surface area (Å²) in [5.74, 6) is -2.69. The predicted octanol–water partition coefficient (Wildman–Crippen LogP) is 1.59. The molecule has 3 N–H and O–H groups in total. The van der Waals surface area contributed by atoms with Crippen molar-refractivity contribution in [3.05, 3.63) is 65.2 Å². The number of rotatable bonds is 5. The minimum absolute atomic E-state index is 0.251. The summed E-state index contributed by atoms with van der Waals surface area (Å²) in [6.07, 6.45) is 0.364. The zero-order chi connectivity index (χ0) is 22.6. The average Bonchev–Trinajstić information content (AvgIpc) is 3.38. The fourth-order valence-corrected chi connectivity index (χ4v) is 5.69. The van der Waals surface area contributed by atoms with Gasteiger partial charge in [0, 0.05) is 23.8 Å². The minimum atomic E-state index is -1.36. The normalized spacial score (nSPS) is 29.4. The lowest BCUT2D eigenvalue weighted by Crippen LogP contribution is -2.54. The molecule has 0 bridgehead atoms. The Kier molecular flexibility index (Phi) is 4.91. The van der Waals surface area contributed by atoms with Crippen LogP contribution in [-0.2, 0) is 32.8 Å². The zero-order valence-electron chi connectivity index (χ0n) is 18.2. The molecule has 0 saturated carbocycles. The van der Waals surface area contributed by atoms with Crippen molar-refractivity contribution in [3.8, 4) is 0 Å². The van der Waals surface area contributed by atoms with E-state index >= 15 is 0 Å². The second kappa shape index (κ2) is 7.53. The number of nitrogens with one attached hydrogen (secondary N) is 2. The van der Waals surface area contributed by atoms with Crippen LogP contribution in [0.1, 0.15) is 30.5 Å². The van der Waals surface area contributed by atoms with Gasteiger partial charge in [-0.3, -0.25) is 24.6 Å². The van der Waals surface area contributed by atoms with Crippen molar-refractivity contribution in [1.82, 2.24) is 10.2 Å². The molecule has 0 aliphatic carbocycles. The SMILES string of the molecule is CCc1cccc2c1NC(=O)[C@@]21N[C@@H]([C@@H](C)O)[C@H]2C(=O)N(CCc3ccccc3)C(=O)[C@H]21. The summed E-state index contributed by atoms with van der Waals surface area (Å²) in [4.78, 5) is 41.8. The molecule has 2 saturated heterocycles. The van der Waals surface area contributed by atoms with Crippen molar-refractivity contribution in [3.63, 3.8) is 0 Å². The highest BCUT2D eigenvalue weighted by atomic mass is 16.3. The summed E-state index contributed by atoms with van der Waals surface area (Å²) in [6.45, 7) is 3.85. The number of imide groups is 1. The number of hydrogen-bond donors (Lipinski definition) is 3. The first-order valence-corrected chi connectivity index (χ1v) is 11.2. The van der Waals surface area contributed by atoms with E-state index in [0.717, 1.165) is 17.5 Å². The van der Waals surface area contributed by atoms with Crippen molar-refractivity contribution >= 4 is 23.4 Å². The maximum Gasteiger partial charge on any atom is 0.250 e. The quantitative estimate of drug-likeness (QED) is 0.622. The van der Waals surface area contributed by atoms with Crippen LogP contribution in [-0.4, -0.2) is 46.4 Å². The summed E-state index contributed by atoms with van der Waals surface area (Å²) in [7, 11) is 0. The molecule has 1 spiro atoms. The van der Waals surface area contributed by atoms with Crippen LogP contribution >= 0.6 is 0 Å². The number of anilines is 1. The summed E-state index contributed by atoms with van der Waals surface area (Å²) in [5, 5.41) is 16.7. The van der Waals surface area contributed by atoms with Crippen LogP contribution in [0.25, 0.3) is 0 Å². The van der Waals surface area contributed by atoms with Gasteiger partial charge in [0.15, 0.2) is 0 Å². The molecule has 3 heterocycles. The number of carbonyl (C=O) groups excluding carboxylic acids is 3. The molecule has 2 aromatic rings. The topological polar surface area (TPSA) is 98.7 Å². The van der Waals surface area contributed by atoms with E-state index < -0.39 is 29.5 Å². The second-order valence-corrected chi connectivity index (χ2v) is 8.93. The number of amides is 3. The Morgan fingerprint density at radius 1 is 1.06 bits per heavy atom. The summed E-state index contributed by atoms with van der Waals surface area (Å²) < 4.78 is 0. The van der Waals surface area contributed by atoms with Gasteiger partial charge in [0.1, 0.15) is 5.54 Å². The lowest BCUT2D eigenvalue weighted by molar-refractivity contribution is -0.143. The molecule has 0 unspecified atom stereocenters. The molecule has 5 rings (SSSR count). The first kappa shape index (κ1) is 20.8. The standard InChI is InChI=1S/C25H27N3O4/c1-3-16-10-7-11-17-21(16)26-24(32)25(17)19-18(20(27-25)14(2)29)22(30)28(23(19)31)13-12-15-8-5-4-6-9-15/h4-11,14,18-20,27,29H,3,12-13H2,1-2H3,(H,26,32)/t14-,18+,19+,20+,25-/m1/s1. The fourth-order valence-electron chi connectivity index (χ4n) is 5.69. The number of para-hydroxylation sites is 1. The first-order chi connectivity index (χ1) is 15.4. The van der Waals surface area contributed by atoms with Crippen LogP contribution in [0, 0.1) is 11.8 Å². The predicted molar refractivity (Wildman–Crippen MR) is 119 cm³/mol. The summed E-state index contributed by atoms with van der Waals surface area (Å²) in [5.41, 5.74) is 2.04. The molecular weight excluding hydrogens is 406 g/mol. The van der Waals surface area contributed by atoms with E-state index in [-0.39, 0.29) is 24.3 Å². The maximum absolute atomic E-state index is 13.7. The van der Waals surface area contributed by atoms with Crippen LogP contribution in [0.4, 0.5) is 5.69 Å². The number of nitrogens with zero attached hydrogens (tertiary/aromatic N) is 1. The van der Waals surface area contributed by atoms with E-state index in [2.05, 4.69) is 10.6 Å². The largest absolute Gasteiger partial charge is 0.392 e. The molecule has 3 amide bonds. The Morgan fingerprint density at radius 2 is 1.81 bits per heavy atom. The molecule has 166 valence electrons. The third-order valence-corrected chi connectivity index (χ3v) is 7.23. The molecule has 3 aliphatic rings. The van der Waals surface area contributed by atoms with E-state index in [4.69, 9.17) is 0 Å². The van der Waals surface area contributed by atoms with Crippen LogP contribution in [0.2, 0.25) is 0 Å². The van der Waals surface area contributed by atoms with Crippen LogP contribution in [0.3, 0.4) is 0 Å². The molecule has 32 heavy (non-hydrogen) atoms. The van der Waals surface area contributed by atoms with E-state index in [0.29, 0.717) is 17.7 Å². The zero-order valence-corrected chi connectivity index (χ0v) is 18.2. The van der Waals surface area contributed by atoms with E-state index in [1.807, 2.05) is 55.5 Å². The van der Waals surface area contributed by atoms with Crippen molar-refractivity contribution in [2.75, 3.05) is 11.9 Å². The maximum atomic E-state index is 13.7. The highest BCUT2D eigenvalue weighted by Crippen LogP contribution is 2.53. The molecule has 7 nitrogen and oxygen atoms in total. The number of benzene rings is 2. The number of likely N-dealkylation sites (tertiary alicyclic amines) is 1. The highest BCUT2D eigenvalue weighted by molar-refractivity contribution is 6.15. The third-order valence-electron chi connectivity index (χ3n) is 7.23. The Labute approximate surface area is 186 Å². The van der Waals surface area contributed by atoms with Crippen LogP contribution in [0.5, 0.6) is 0 Å². The fraction of sp³-hybridized carbons (Fsp3) is 0.400. The van der Waals surface area contributed by atoms with Gasteiger partial charge in [-0.25, -0.2) is 0 Å². The van der Waals surface area contributed by atoms with E-state index in [1.165, 1.54) is 4.90 Å². The minimum Gasteiger partial charge on any atom is -0.392 e. The Bertz CT molecular complexity index is 1100. The molecule has 3 aliphatic heterocycles. The van der Waals surface area contributed by atoms with Gasteiger partial charge in [0.25, 0.3) is 0 Å². The van der Waals surface area contributed by atoms with Gasteiger partial charge in [-0.2, -0.15) is 0 Å². The second-order valence-electron chi connectivity index (χ2n) is 8.93. The lowest BCUT2D eigenvalue weighted by atomic mass is 9.76. The van der Waals surface area contributed by atoms with Crippen molar-refractivity contribution in [2.45, 2.75) is 44.4 Å².